The molecule has 0 amide bonds. The maximum absolute atomic E-state index is 10.9. The first kappa shape index (κ1) is 9.88. The average Bonchev–Trinajstić information content (AvgIpc) is 2.09. The molecule has 1 aliphatic heterocycles. The molecular weight excluding hydrogens is 164 g/mol. The molecule has 71 valence electrons. The Balaban J connectivity index is 2.58. The van der Waals surface area contributed by atoms with Crippen molar-refractivity contribution in [3.8, 4) is 0 Å². The van der Waals surface area contributed by atoms with Gasteiger partial charge in [-0.3, -0.25) is 0 Å². The fourth-order valence-electron chi connectivity index (χ4n) is 1.25. The summed E-state index contributed by atoms with van der Waals surface area (Å²) >= 11 is 0. The van der Waals surface area contributed by atoms with Gasteiger partial charge >= 0.3 is 0 Å². The van der Waals surface area contributed by atoms with Crippen molar-refractivity contribution >= 4 is 0 Å². The molecule has 0 aromatic heterocycles. The van der Waals surface area contributed by atoms with Crippen LogP contribution in [0.3, 0.4) is 0 Å². The van der Waals surface area contributed by atoms with Crippen LogP contribution in [0.15, 0.2) is 0 Å². The van der Waals surface area contributed by atoms with E-state index in [2.05, 4.69) is 0 Å². The molecule has 1 N–H and O–H groups in total. The first-order valence-corrected chi connectivity index (χ1v) is 3.71. The van der Waals surface area contributed by atoms with E-state index in [-0.39, 0.29) is 12.7 Å². The van der Waals surface area contributed by atoms with E-state index < -0.39 is 18.5 Å². The van der Waals surface area contributed by atoms with Gasteiger partial charge in [-0.1, -0.05) is 0 Å². The van der Waals surface area contributed by atoms with Gasteiger partial charge in [0.1, 0.15) is 18.3 Å². The lowest BCUT2D eigenvalue weighted by molar-refractivity contribution is -0.280. The molecule has 5 nitrogen and oxygen atoms in total. The Morgan fingerprint density at radius 2 is 2.08 bits per heavy atom. The molecule has 4 atom stereocenters. The number of hydrogen-bond acceptors (Lipinski definition) is 4. The third-order valence-corrected chi connectivity index (χ3v) is 1.98. The molecule has 1 fully saturated rings. The van der Waals surface area contributed by atoms with Crippen molar-refractivity contribution in [2.75, 3.05) is 20.8 Å². The number of rotatable bonds is 2. The first-order chi connectivity index (χ1) is 5.70. The second kappa shape index (κ2) is 4.15. The Hall–Kier alpha value is -0.200. The zero-order valence-corrected chi connectivity index (χ0v) is 7.10. The van der Waals surface area contributed by atoms with Crippen molar-refractivity contribution in [1.29, 1.82) is 0 Å². The number of aliphatic hydroxyl groups is 1. The highest BCUT2D eigenvalue weighted by atomic mass is 16.6. The SMILES string of the molecule is CO[C@H]1[C@H](OC)COC([O])[C@@H]1O. The summed E-state index contributed by atoms with van der Waals surface area (Å²) in [4.78, 5) is 0. The molecule has 1 radical (unpaired) electrons. The lowest BCUT2D eigenvalue weighted by Crippen LogP contribution is -2.53. The molecule has 0 aromatic carbocycles. The molecule has 1 aliphatic rings. The van der Waals surface area contributed by atoms with Gasteiger partial charge in [0.05, 0.1) is 6.61 Å². The Kier molecular flexibility index (Phi) is 3.42. The summed E-state index contributed by atoms with van der Waals surface area (Å²) in [6, 6.07) is 0. The van der Waals surface area contributed by atoms with Gasteiger partial charge < -0.3 is 19.3 Å². The third-order valence-electron chi connectivity index (χ3n) is 1.98. The molecule has 1 heterocycles. The van der Waals surface area contributed by atoms with E-state index in [9.17, 15) is 10.2 Å². The van der Waals surface area contributed by atoms with Gasteiger partial charge in [-0.2, -0.15) is 5.11 Å². The van der Waals surface area contributed by atoms with Crippen LogP contribution in [0.1, 0.15) is 0 Å². The van der Waals surface area contributed by atoms with Crippen LogP contribution in [0, 0.1) is 0 Å². The minimum absolute atomic E-state index is 0.167. The minimum atomic E-state index is -1.43. The molecule has 1 rings (SSSR count). The van der Waals surface area contributed by atoms with Gasteiger partial charge in [-0.25, -0.2) is 0 Å². The molecular formula is C7H13O5. The third kappa shape index (κ3) is 1.75. The van der Waals surface area contributed by atoms with Crippen LogP contribution in [-0.4, -0.2) is 50.5 Å². The van der Waals surface area contributed by atoms with Crippen molar-refractivity contribution in [3.05, 3.63) is 0 Å². The second-order valence-corrected chi connectivity index (χ2v) is 2.67. The van der Waals surface area contributed by atoms with Crippen LogP contribution >= 0.6 is 0 Å². The fraction of sp³-hybridized carbons (Fsp3) is 1.00. The second-order valence-electron chi connectivity index (χ2n) is 2.67. The van der Waals surface area contributed by atoms with E-state index in [0.29, 0.717) is 0 Å². The zero-order valence-electron chi connectivity index (χ0n) is 7.10. The minimum Gasteiger partial charge on any atom is -0.385 e. The van der Waals surface area contributed by atoms with Crippen molar-refractivity contribution in [1.82, 2.24) is 0 Å². The Labute approximate surface area is 70.9 Å². The van der Waals surface area contributed by atoms with E-state index in [1.54, 1.807) is 0 Å². The first-order valence-electron chi connectivity index (χ1n) is 3.71. The normalized spacial score (nSPS) is 43.0. The van der Waals surface area contributed by atoms with Crippen LogP contribution in [0.5, 0.6) is 0 Å². The summed E-state index contributed by atoms with van der Waals surface area (Å²) in [7, 11) is 2.91. The van der Waals surface area contributed by atoms with Gasteiger partial charge in [0.2, 0.25) is 6.29 Å². The molecule has 5 heteroatoms. The summed E-state index contributed by atoms with van der Waals surface area (Å²) in [6.45, 7) is 0.167. The maximum atomic E-state index is 10.9. The van der Waals surface area contributed by atoms with E-state index in [1.165, 1.54) is 14.2 Å². The molecule has 0 saturated carbocycles. The number of methoxy groups -OCH3 is 2. The van der Waals surface area contributed by atoms with Crippen LogP contribution < -0.4 is 0 Å². The fourth-order valence-corrected chi connectivity index (χ4v) is 1.25. The van der Waals surface area contributed by atoms with Crippen molar-refractivity contribution in [2.45, 2.75) is 24.6 Å². The summed E-state index contributed by atoms with van der Waals surface area (Å²) < 4.78 is 14.6. The lowest BCUT2D eigenvalue weighted by Gasteiger charge is -2.35. The van der Waals surface area contributed by atoms with E-state index in [0.717, 1.165) is 0 Å². The predicted octanol–water partition coefficient (Wildman–Crippen LogP) is -0.836. The summed E-state index contributed by atoms with van der Waals surface area (Å²) in [5, 5.41) is 20.2. The van der Waals surface area contributed by atoms with Crippen LogP contribution in [0.25, 0.3) is 0 Å². The number of hydrogen-bond donors (Lipinski definition) is 1. The van der Waals surface area contributed by atoms with Crippen LogP contribution in [0.2, 0.25) is 0 Å². The monoisotopic (exact) mass is 177 g/mol. The summed E-state index contributed by atoms with van der Waals surface area (Å²) in [5.74, 6) is 0. The van der Waals surface area contributed by atoms with Gasteiger partial charge in [0, 0.05) is 14.2 Å². The van der Waals surface area contributed by atoms with E-state index in [4.69, 9.17) is 14.2 Å². The summed E-state index contributed by atoms with van der Waals surface area (Å²) in [5.41, 5.74) is 0. The van der Waals surface area contributed by atoms with E-state index >= 15 is 0 Å². The summed E-state index contributed by atoms with van der Waals surface area (Å²) in [6.07, 6.45) is -3.54. The highest BCUT2D eigenvalue weighted by molar-refractivity contribution is 4.83. The average molecular weight is 177 g/mol. The molecule has 1 unspecified atom stereocenters. The molecule has 1 saturated heterocycles. The lowest BCUT2D eigenvalue weighted by atomic mass is 10.1. The molecule has 0 aromatic rings. The van der Waals surface area contributed by atoms with Crippen LogP contribution in [-0.2, 0) is 19.3 Å². The van der Waals surface area contributed by atoms with Crippen molar-refractivity contribution in [2.24, 2.45) is 0 Å². The quantitative estimate of drug-likeness (QED) is 0.597. The Morgan fingerprint density at radius 3 is 2.58 bits per heavy atom. The number of ether oxygens (including phenoxy) is 3. The smallest absolute Gasteiger partial charge is 0.220 e. The highest BCUT2D eigenvalue weighted by Crippen LogP contribution is 2.18. The van der Waals surface area contributed by atoms with Gasteiger partial charge in [-0.15, -0.1) is 0 Å². The highest BCUT2D eigenvalue weighted by Gasteiger charge is 2.39. The molecule has 0 spiro atoms. The van der Waals surface area contributed by atoms with Crippen molar-refractivity contribution in [3.63, 3.8) is 0 Å². The standard InChI is InChI=1S/C7H13O5/c1-10-4-3-12-7(9)5(8)6(4)11-2/h4-8H,3H2,1-2H3/t4-,5-,6+,7?/m1/s1. The molecule has 0 bridgehead atoms. The zero-order chi connectivity index (χ0) is 9.14. The Bertz CT molecular complexity index is 138. The van der Waals surface area contributed by atoms with Crippen LogP contribution in [0.4, 0.5) is 0 Å². The topological polar surface area (TPSA) is 67.8 Å². The van der Waals surface area contributed by atoms with Gasteiger partial charge in [0.25, 0.3) is 0 Å². The Morgan fingerprint density at radius 1 is 1.42 bits per heavy atom. The molecule has 0 aliphatic carbocycles. The van der Waals surface area contributed by atoms with Gasteiger partial charge in [-0.05, 0) is 0 Å². The maximum Gasteiger partial charge on any atom is 0.220 e. The van der Waals surface area contributed by atoms with Crippen molar-refractivity contribution < 1.29 is 24.4 Å². The van der Waals surface area contributed by atoms with Gasteiger partial charge in [0.15, 0.2) is 0 Å². The predicted molar refractivity (Wildman–Crippen MR) is 38.0 cm³/mol. The number of aliphatic hydroxyl groups excluding tert-OH is 1. The molecule has 12 heavy (non-hydrogen) atoms. The van der Waals surface area contributed by atoms with E-state index in [1.807, 2.05) is 0 Å². The largest absolute Gasteiger partial charge is 0.385 e.